The van der Waals surface area contributed by atoms with Gasteiger partial charge in [0.15, 0.2) is 0 Å². The molecule has 0 radical (unpaired) electrons. The predicted octanol–water partition coefficient (Wildman–Crippen LogP) is 5.11. The highest BCUT2D eigenvalue weighted by atomic mass is 32.2. The first-order valence-corrected chi connectivity index (χ1v) is 15.8. The molecule has 0 saturated heterocycles. The van der Waals surface area contributed by atoms with Crippen LogP contribution < -0.4 is 9.47 Å². The number of fused-ring (bicyclic) bond motifs is 1. The number of ether oxygens (including phenoxy) is 3. The Morgan fingerprint density at radius 3 is 2.40 bits per heavy atom. The van der Waals surface area contributed by atoms with Gasteiger partial charge in [-0.25, -0.2) is 8.42 Å². The van der Waals surface area contributed by atoms with E-state index >= 15 is 0 Å². The zero-order valence-corrected chi connectivity index (χ0v) is 25.2. The Balaban J connectivity index is 1.54. The van der Waals surface area contributed by atoms with Crippen molar-refractivity contribution in [3.05, 3.63) is 76.0 Å². The second-order valence-electron chi connectivity index (χ2n) is 10.0. The van der Waals surface area contributed by atoms with Crippen molar-refractivity contribution in [2.24, 2.45) is 0 Å². The molecule has 10 heteroatoms. The van der Waals surface area contributed by atoms with Gasteiger partial charge in [-0.05, 0) is 77.7 Å². The van der Waals surface area contributed by atoms with Gasteiger partial charge >= 0.3 is 0 Å². The molecule has 2 heterocycles. The summed E-state index contributed by atoms with van der Waals surface area (Å²) in [5.74, 6) is 1.47. The number of hydrogen-bond acceptors (Lipinski definition) is 7. The fourth-order valence-electron chi connectivity index (χ4n) is 4.81. The predicted molar refractivity (Wildman–Crippen MR) is 157 cm³/mol. The zero-order valence-electron chi connectivity index (χ0n) is 23.5. The zero-order chi connectivity index (χ0) is 28.7. The number of sulfonamides is 1. The van der Waals surface area contributed by atoms with Crippen LogP contribution in [0, 0.1) is 0 Å². The van der Waals surface area contributed by atoms with E-state index in [0.29, 0.717) is 31.2 Å². The van der Waals surface area contributed by atoms with E-state index in [2.05, 4.69) is 26.0 Å². The van der Waals surface area contributed by atoms with E-state index < -0.39 is 10.0 Å². The Morgan fingerprint density at radius 1 is 1.05 bits per heavy atom. The van der Waals surface area contributed by atoms with Crippen molar-refractivity contribution in [1.29, 1.82) is 0 Å². The smallest absolute Gasteiger partial charge is 0.243 e. The lowest BCUT2D eigenvalue weighted by atomic mass is 10.0. The fraction of sp³-hybridized carbons (Fsp3) is 0.433. The molecule has 0 fully saturated rings. The standard InChI is InChI=1S/C30H38N2O6S2/c1-22(2)23-6-8-25(9-7-23)38-21-28-27-15-19-39-29(27)14-17-32(28)30(33)20-31(16-5-18-36-3)40(34,35)26-12-10-24(37-4)11-13-26/h6-13,15,19,22,28H,5,14,16-18,20-21H2,1-4H3. The number of carbonyl (C=O) groups is 1. The van der Waals surface area contributed by atoms with Crippen molar-refractivity contribution in [2.75, 3.05) is 47.1 Å². The maximum atomic E-state index is 13.8. The molecule has 2 aromatic carbocycles. The number of benzene rings is 2. The number of rotatable bonds is 13. The van der Waals surface area contributed by atoms with Crippen LogP contribution in [0.3, 0.4) is 0 Å². The monoisotopic (exact) mass is 586 g/mol. The number of methoxy groups -OCH3 is 2. The minimum absolute atomic E-state index is 0.113. The average Bonchev–Trinajstić information content (AvgIpc) is 3.45. The molecule has 1 aliphatic heterocycles. The maximum Gasteiger partial charge on any atom is 0.243 e. The van der Waals surface area contributed by atoms with Crippen LogP contribution in [0.15, 0.2) is 64.9 Å². The van der Waals surface area contributed by atoms with E-state index in [-0.39, 0.29) is 36.5 Å². The van der Waals surface area contributed by atoms with Crippen LogP contribution in [-0.4, -0.2) is 70.6 Å². The number of nitrogens with zero attached hydrogens (tertiary/aromatic N) is 2. The molecule has 8 nitrogen and oxygen atoms in total. The van der Waals surface area contributed by atoms with Crippen LogP contribution in [0.2, 0.25) is 0 Å². The van der Waals surface area contributed by atoms with Gasteiger partial charge in [-0.1, -0.05) is 26.0 Å². The normalized spacial score (nSPS) is 15.3. The molecule has 0 saturated carbocycles. The molecular weight excluding hydrogens is 548 g/mol. The van der Waals surface area contributed by atoms with E-state index in [0.717, 1.165) is 17.7 Å². The lowest BCUT2D eigenvalue weighted by Crippen LogP contribution is -2.48. The third-order valence-corrected chi connectivity index (χ3v) is 9.99. The number of thiophene rings is 1. The van der Waals surface area contributed by atoms with Crippen LogP contribution >= 0.6 is 11.3 Å². The Hall–Kier alpha value is -2.92. The minimum atomic E-state index is -3.93. The van der Waals surface area contributed by atoms with Crippen LogP contribution in [0.5, 0.6) is 11.5 Å². The molecule has 0 aliphatic carbocycles. The van der Waals surface area contributed by atoms with Gasteiger partial charge in [0.2, 0.25) is 15.9 Å². The molecule has 216 valence electrons. The average molecular weight is 587 g/mol. The summed E-state index contributed by atoms with van der Waals surface area (Å²) >= 11 is 1.68. The highest BCUT2D eigenvalue weighted by Gasteiger charge is 2.35. The van der Waals surface area contributed by atoms with E-state index in [9.17, 15) is 13.2 Å². The Kier molecular flexibility index (Phi) is 10.2. The lowest BCUT2D eigenvalue weighted by molar-refractivity contribution is -0.135. The Bertz CT molecular complexity index is 1350. The molecule has 1 atom stereocenters. The van der Waals surface area contributed by atoms with Crippen molar-refractivity contribution in [3.63, 3.8) is 0 Å². The van der Waals surface area contributed by atoms with Gasteiger partial charge in [-0.3, -0.25) is 4.79 Å². The van der Waals surface area contributed by atoms with Crippen molar-refractivity contribution in [2.45, 2.75) is 43.5 Å². The third kappa shape index (κ3) is 7.04. The summed E-state index contributed by atoms with van der Waals surface area (Å²) in [5, 5.41) is 2.04. The Labute approximate surface area is 241 Å². The van der Waals surface area contributed by atoms with Crippen molar-refractivity contribution in [3.8, 4) is 11.5 Å². The summed E-state index contributed by atoms with van der Waals surface area (Å²) in [7, 11) is -0.833. The van der Waals surface area contributed by atoms with E-state index in [1.807, 2.05) is 23.6 Å². The van der Waals surface area contributed by atoms with Crippen molar-refractivity contribution >= 4 is 27.3 Å². The van der Waals surface area contributed by atoms with Crippen LogP contribution in [-0.2, 0) is 26.0 Å². The molecule has 1 aromatic heterocycles. The number of carbonyl (C=O) groups excluding carboxylic acids is 1. The molecule has 0 N–H and O–H groups in total. The van der Waals surface area contributed by atoms with Crippen LogP contribution in [0.1, 0.15) is 48.2 Å². The van der Waals surface area contributed by atoms with Crippen molar-refractivity contribution < 1.29 is 27.4 Å². The molecule has 1 amide bonds. The molecule has 1 aliphatic rings. The summed E-state index contributed by atoms with van der Waals surface area (Å²) in [6.07, 6.45) is 1.19. The van der Waals surface area contributed by atoms with Gasteiger partial charge in [-0.2, -0.15) is 4.31 Å². The van der Waals surface area contributed by atoms with Gasteiger partial charge < -0.3 is 19.1 Å². The third-order valence-electron chi connectivity index (χ3n) is 7.13. The fourth-order valence-corrected chi connectivity index (χ4v) is 7.16. The van der Waals surface area contributed by atoms with Crippen LogP contribution in [0.4, 0.5) is 0 Å². The van der Waals surface area contributed by atoms with E-state index in [1.54, 1.807) is 35.5 Å². The van der Waals surface area contributed by atoms with Gasteiger partial charge in [0.25, 0.3) is 0 Å². The first kappa shape index (κ1) is 30.0. The largest absolute Gasteiger partial charge is 0.497 e. The molecule has 3 aromatic rings. The highest BCUT2D eigenvalue weighted by Crippen LogP contribution is 2.34. The van der Waals surface area contributed by atoms with Gasteiger partial charge in [0, 0.05) is 31.7 Å². The lowest BCUT2D eigenvalue weighted by Gasteiger charge is -2.37. The van der Waals surface area contributed by atoms with Crippen LogP contribution in [0.25, 0.3) is 0 Å². The molecule has 1 unspecified atom stereocenters. The highest BCUT2D eigenvalue weighted by molar-refractivity contribution is 7.89. The summed E-state index contributed by atoms with van der Waals surface area (Å²) in [4.78, 5) is 16.9. The van der Waals surface area contributed by atoms with Gasteiger partial charge in [0.05, 0.1) is 24.6 Å². The minimum Gasteiger partial charge on any atom is -0.497 e. The van der Waals surface area contributed by atoms with E-state index in [1.165, 1.54) is 34.0 Å². The van der Waals surface area contributed by atoms with Gasteiger partial charge in [0.1, 0.15) is 18.1 Å². The quantitative estimate of drug-likeness (QED) is 0.259. The first-order valence-electron chi connectivity index (χ1n) is 13.5. The first-order chi connectivity index (χ1) is 19.2. The molecule has 40 heavy (non-hydrogen) atoms. The second kappa shape index (κ2) is 13.6. The van der Waals surface area contributed by atoms with E-state index in [4.69, 9.17) is 14.2 Å². The molecular formula is C30H38N2O6S2. The van der Waals surface area contributed by atoms with Crippen molar-refractivity contribution in [1.82, 2.24) is 9.21 Å². The summed E-state index contributed by atoms with van der Waals surface area (Å²) in [6.45, 7) is 5.36. The maximum absolute atomic E-state index is 13.8. The molecule has 4 rings (SSSR count). The summed E-state index contributed by atoms with van der Waals surface area (Å²) in [5.41, 5.74) is 2.29. The second-order valence-corrected chi connectivity index (χ2v) is 13.0. The summed E-state index contributed by atoms with van der Waals surface area (Å²) < 4.78 is 45.0. The SMILES string of the molecule is COCCCN(CC(=O)N1CCc2sccc2C1COc1ccc(C(C)C)cc1)S(=O)(=O)c1ccc(OC)cc1. The number of amides is 1. The number of hydrogen-bond donors (Lipinski definition) is 0. The molecule has 0 spiro atoms. The Morgan fingerprint density at radius 2 is 1.75 bits per heavy atom. The molecule has 0 bridgehead atoms. The topological polar surface area (TPSA) is 85.4 Å². The van der Waals surface area contributed by atoms with Gasteiger partial charge in [-0.15, -0.1) is 11.3 Å². The summed E-state index contributed by atoms with van der Waals surface area (Å²) in [6, 6.07) is 16.0.